The van der Waals surface area contributed by atoms with Gasteiger partial charge in [-0.15, -0.1) is 0 Å². The second-order valence-corrected chi connectivity index (χ2v) is 8.27. The highest BCUT2D eigenvalue weighted by atomic mass is 35.5. The highest BCUT2D eigenvalue weighted by molar-refractivity contribution is 6.30. The zero-order chi connectivity index (χ0) is 18.9. The number of amidine groups is 1. The summed E-state index contributed by atoms with van der Waals surface area (Å²) in [7, 11) is 4.18. The molecule has 1 saturated heterocycles. The fourth-order valence-corrected chi connectivity index (χ4v) is 4.49. The average Bonchev–Trinajstić information content (AvgIpc) is 2.66. The van der Waals surface area contributed by atoms with Gasteiger partial charge in [0.25, 0.3) is 0 Å². The quantitative estimate of drug-likeness (QED) is 0.829. The first-order valence-corrected chi connectivity index (χ1v) is 10.0. The Kier molecular flexibility index (Phi) is 5.11. The fourth-order valence-electron chi connectivity index (χ4n) is 4.28. The number of nitrogens with one attached hydrogen (secondary N) is 2. The van der Waals surface area contributed by atoms with Gasteiger partial charge in [0.05, 0.1) is 17.9 Å². The molecule has 1 spiro atoms. The molecule has 2 aromatic rings. The van der Waals surface area contributed by atoms with Crippen LogP contribution in [-0.2, 0) is 13.0 Å². The number of anilines is 2. The van der Waals surface area contributed by atoms with E-state index < -0.39 is 0 Å². The molecule has 27 heavy (non-hydrogen) atoms. The Morgan fingerprint density at radius 3 is 2.63 bits per heavy atom. The van der Waals surface area contributed by atoms with Crippen LogP contribution in [0.15, 0.2) is 47.5 Å². The predicted octanol–water partition coefficient (Wildman–Crippen LogP) is 4.34. The van der Waals surface area contributed by atoms with Gasteiger partial charge in [0.15, 0.2) is 0 Å². The molecule has 142 valence electrons. The molecule has 0 saturated carbocycles. The maximum Gasteiger partial charge on any atom is 0.108 e. The molecule has 2 aliphatic rings. The molecule has 0 bridgehead atoms. The molecule has 2 aromatic carbocycles. The maximum absolute atomic E-state index is 6.15. The van der Waals surface area contributed by atoms with Crippen molar-refractivity contribution < 1.29 is 0 Å². The van der Waals surface area contributed by atoms with Crippen LogP contribution >= 0.6 is 11.6 Å². The third-order valence-corrected chi connectivity index (χ3v) is 5.99. The number of halogens is 1. The van der Waals surface area contributed by atoms with Gasteiger partial charge in [-0.2, -0.15) is 0 Å². The van der Waals surface area contributed by atoms with E-state index in [1.165, 1.54) is 16.9 Å². The zero-order valence-electron chi connectivity index (χ0n) is 16.1. The molecular formula is C22H27ClN4. The van der Waals surface area contributed by atoms with Crippen LogP contribution in [-0.4, -0.2) is 33.0 Å². The van der Waals surface area contributed by atoms with Crippen LogP contribution in [0.5, 0.6) is 0 Å². The monoisotopic (exact) mass is 382 g/mol. The Bertz CT molecular complexity index is 853. The number of nitrogens with zero attached hydrogens (tertiary/aromatic N) is 2. The molecule has 0 aromatic heterocycles. The average molecular weight is 383 g/mol. The van der Waals surface area contributed by atoms with Gasteiger partial charge in [0.1, 0.15) is 5.84 Å². The molecule has 0 atom stereocenters. The van der Waals surface area contributed by atoms with E-state index in [0.717, 1.165) is 48.8 Å². The van der Waals surface area contributed by atoms with Crippen LogP contribution < -0.4 is 15.5 Å². The normalized spacial score (nSPS) is 19.6. The lowest BCUT2D eigenvalue weighted by Gasteiger charge is -2.43. The molecule has 4 nitrogen and oxygen atoms in total. The summed E-state index contributed by atoms with van der Waals surface area (Å²) in [4.78, 5) is 7.24. The smallest absolute Gasteiger partial charge is 0.108 e. The second-order valence-electron chi connectivity index (χ2n) is 7.83. The van der Waals surface area contributed by atoms with Crippen molar-refractivity contribution in [3.63, 3.8) is 0 Å². The van der Waals surface area contributed by atoms with Gasteiger partial charge in [-0.1, -0.05) is 35.9 Å². The van der Waals surface area contributed by atoms with Gasteiger partial charge in [-0.05, 0) is 61.7 Å². The van der Waals surface area contributed by atoms with Crippen molar-refractivity contribution in [2.24, 2.45) is 10.4 Å². The lowest BCUT2D eigenvalue weighted by molar-refractivity contribution is 0.293. The van der Waals surface area contributed by atoms with E-state index in [1.54, 1.807) is 0 Å². The summed E-state index contributed by atoms with van der Waals surface area (Å²) in [5.74, 6) is 1.13. The highest BCUT2D eigenvalue weighted by Crippen LogP contribution is 2.44. The molecule has 0 radical (unpaired) electrons. The highest BCUT2D eigenvalue weighted by Gasteiger charge is 2.41. The number of fused-ring (bicyclic) bond motifs is 1. The van der Waals surface area contributed by atoms with Crippen LogP contribution in [0, 0.1) is 5.41 Å². The second kappa shape index (κ2) is 7.53. The number of benzene rings is 2. The standard InChI is InChI=1S/C22H27ClN4/c1-27(2)19-8-4-6-17-14-22(9-11-24-12-10-22)21(26-20(17)19)25-15-16-5-3-7-18(23)13-16/h3-8,13,24H,9-12,14-15H2,1-2H3,(H,25,26). The van der Waals surface area contributed by atoms with Crippen molar-refractivity contribution >= 4 is 28.8 Å². The number of hydrogen-bond acceptors (Lipinski definition) is 3. The number of aliphatic imine (C=N–C) groups is 1. The van der Waals surface area contributed by atoms with Crippen LogP contribution in [0.3, 0.4) is 0 Å². The van der Waals surface area contributed by atoms with E-state index in [4.69, 9.17) is 16.6 Å². The van der Waals surface area contributed by atoms with Gasteiger partial charge in [0.2, 0.25) is 0 Å². The van der Waals surface area contributed by atoms with Crippen LogP contribution in [0.2, 0.25) is 5.02 Å². The van der Waals surface area contributed by atoms with E-state index in [1.807, 2.05) is 18.2 Å². The van der Waals surface area contributed by atoms with Crippen molar-refractivity contribution in [1.82, 2.24) is 5.32 Å². The largest absolute Gasteiger partial charge is 0.376 e. The summed E-state index contributed by atoms with van der Waals surface area (Å²) < 4.78 is 0. The van der Waals surface area contributed by atoms with E-state index in [9.17, 15) is 0 Å². The number of piperidine rings is 1. The fraction of sp³-hybridized carbons (Fsp3) is 0.409. The summed E-state index contributed by atoms with van der Waals surface area (Å²) in [5, 5.41) is 8.01. The minimum atomic E-state index is 0.0990. The van der Waals surface area contributed by atoms with Gasteiger partial charge in [-0.3, -0.25) is 4.99 Å². The Balaban J connectivity index is 1.72. The van der Waals surface area contributed by atoms with Gasteiger partial charge in [0, 0.05) is 24.5 Å². The van der Waals surface area contributed by atoms with Gasteiger partial charge < -0.3 is 15.5 Å². The van der Waals surface area contributed by atoms with E-state index in [0.29, 0.717) is 6.54 Å². The van der Waals surface area contributed by atoms with Gasteiger partial charge in [-0.25, -0.2) is 0 Å². The third-order valence-electron chi connectivity index (χ3n) is 5.75. The summed E-state index contributed by atoms with van der Waals surface area (Å²) in [6, 6.07) is 14.6. The van der Waals surface area contributed by atoms with Crippen molar-refractivity contribution in [3.05, 3.63) is 58.6 Å². The lowest BCUT2D eigenvalue weighted by atomic mass is 9.70. The van der Waals surface area contributed by atoms with E-state index in [-0.39, 0.29) is 5.41 Å². The Hall–Kier alpha value is -2.04. The molecule has 0 aliphatic carbocycles. The number of hydrogen-bond donors (Lipinski definition) is 2. The molecule has 4 rings (SSSR count). The Morgan fingerprint density at radius 2 is 1.89 bits per heavy atom. The lowest BCUT2D eigenvalue weighted by Crippen LogP contribution is -2.49. The molecular weight excluding hydrogens is 356 g/mol. The van der Waals surface area contributed by atoms with Gasteiger partial charge >= 0.3 is 0 Å². The zero-order valence-corrected chi connectivity index (χ0v) is 16.8. The maximum atomic E-state index is 6.15. The Morgan fingerprint density at radius 1 is 1.11 bits per heavy atom. The molecule has 5 heteroatoms. The summed E-state index contributed by atoms with van der Waals surface area (Å²) >= 11 is 6.15. The first kappa shape index (κ1) is 18.3. The molecule has 0 unspecified atom stereocenters. The van der Waals surface area contributed by atoms with Crippen LogP contribution in [0.25, 0.3) is 0 Å². The van der Waals surface area contributed by atoms with Crippen LogP contribution in [0.1, 0.15) is 24.0 Å². The summed E-state index contributed by atoms with van der Waals surface area (Å²) in [6.45, 7) is 2.73. The summed E-state index contributed by atoms with van der Waals surface area (Å²) in [6.07, 6.45) is 3.27. The van der Waals surface area contributed by atoms with Crippen molar-refractivity contribution in [3.8, 4) is 0 Å². The molecule has 2 aliphatic heterocycles. The van der Waals surface area contributed by atoms with E-state index in [2.05, 4.69) is 53.9 Å². The van der Waals surface area contributed by atoms with Crippen molar-refractivity contribution in [1.29, 1.82) is 0 Å². The number of rotatable bonds is 3. The Labute approximate surface area is 166 Å². The van der Waals surface area contributed by atoms with Crippen LogP contribution in [0.4, 0.5) is 11.4 Å². The third kappa shape index (κ3) is 3.69. The molecule has 2 heterocycles. The minimum Gasteiger partial charge on any atom is -0.376 e. The number of para-hydroxylation sites is 1. The topological polar surface area (TPSA) is 39.7 Å². The minimum absolute atomic E-state index is 0.0990. The predicted molar refractivity (Wildman–Crippen MR) is 115 cm³/mol. The molecule has 1 fully saturated rings. The van der Waals surface area contributed by atoms with E-state index >= 15 is 0 Å². The van der Waals surface area contributed by atoms with Crippen molar-refractivity contribution in [2.75, 3.05) is 37.4 Å². The first-order valence-electron chi connectivity index (χ1n) is 9.64. The molecule has 2 N–H and O–H groups in total. The SMILES string of the molecule is CN(C)c1cccc2c1NC(=NCc1cccc(Cl)c1)C1(CCNCC1)C2. The first-order chi connectivity index (χ1) is 13.1. The summed E-state index contributed by atoms with van der Waals surface area (Å²) in [5.41, 5.74) is 5.06. The van der Waals surface area contributed by atoms with Crippen molar-refractivity contribution in [2.45, 2.75) is 25.8 Å². The molecule has 0 amide bonds.